The highest BCUT2D eigenvalue weighted by atomic mass is 32.1. The summed E-state index contributed by atoms with van der Waals surface area (Å²) in [6.07, 6.45) is 1.95. The average Bonchev–Trinajstić information content (AvgIpc) is 2.78. The summed E-state index contributed by atoms with van der Waals surface area (Å²) in [7, 11) is 0. The van der Waals surface area contributed by atoms with Crippen LogP contribution in [0.4, 0.5) is 11.5 Å². The summed E-state index contributed by atoms with van der Waals surface area (Å²) in [5, 5.41) is 7.65. The van der Waals surface area contributed by atoms with Gasteiger partial charge in [0.1, 0.15) is 4.99 Å². The molecule has 0 amide bonds. The molecule has 0 atom stereocenters. The van der Waals surface area contributed by atoms with Crippen LogP contribution in [-0.4, -0.2) is 14.8 Å². The summed E-state index contributed by atoms with van der Waals surface area (Å²) >= 11 is 4.91. The van der Waals surface area contributed by atoms with Crippen molar-refractivity contribution in [3.63, 3.8) is 0 Å². The molecule has 0 fully saturated rings. The van der Waals surface area contributed by atoms with E-state index in [1.165, 1.54) is 0 Å². The fourth-order valence-electron chi connectivity index (χ4n) is 1.56. The Morgan fingerprint density at radius 1 is 1.28 bits per heavy atom. The van der Waals surface area contributed by atoms with Crippen molar-refractivity contribution >= 4 is 28.7 Å². The third-order valence-electron chi connectivity index (χ3n) is 2.58. The van der Waals surface area contributed by atoms with Crippen LogP contribution in [0, 0.1) is 0 Å². The largest absolute Gasteiger partial charge is 0.389 e. The molecule has 0 unspecified atom stereocenters. The highest BCUT2D eigenvalue weighted by Gasteiger charge is 2.02. The number of rotatable bonds is 4. The average molecular weight is 260 g/mol. The minimum atomic E-state index is 0.359. The van der Waals surface area contributed by atoms with E-state index >= 15 is 0 Å². The van der Waals surface area contributed by atoms with Gasteiger partial charge in [0.2, 0.25) is 0 Å². The number of nitrogens with two attached hydrogens (primary N) is 1. The van der Waals surface area contributed by atoms with Crippen molar-refractivity contribution < 1.29 is 0 Å². The van der Waals surface area contributed by atoms with Gasteiger partial charge in [0.25, 0.3) is 0 Å². The quantitative estimate of drug-likeness (QED) is 0.830. The molecule has 4 nitrogen and oxygen atoms in total. The van der Waals surface area contributed by atoms with Crippen LogP contribution in [0.2, 0.25) is 0 Å². The van der Waals surface area contributed by atoms with Crippen molar-refractivity contribution in [3.05, 3.63) is 42.1 Å². The number of benzene rings is 1. The molecule has 1 aromatic heterocycles. The Kier molecular flexibility index (Phi) is 3.62. The first kappa shape index (κ1) is 12.6. The van der Waals surface area contributed by atoms with Crippen LogP contribution in [0.1, 0.15) is 25.5 Å². The molecule has 1 aromatic carbocycles. The molecule has 1 heterocycles. The maximum absolute atomic E-state index is 5.55. The lowest BCUT2D eigenvalue weighted by molar-refractivity contribution is 0.534. The van der Waals surface area contributed by atoms with E-state index < -0.39 is 0 Å². The van der Waals surface area contributed by atoms with Crippen molar-refractivity contribution in [1.82, 2.24) is 9.78 Å². The summed E-state index contributed by atoms with van der Waals surface area (Å²) in [6.45, 7) is 4.18. The number of hydrogen-bond acceptors (Lipinski definition) is 3. The summed E-state index contributed by atoms with van der Waals surface area (Å²) in [5.41, 5.74) is 7.37. The zero-order valence-electron chi connectivity index (χ0n) is 10.4. The van der Waals surface area contributed by atoms with E-state index in [1.54, 1.807) is 0 Å². The molecule has 0 aliphatic carbocycles. The summed E-state index contributed by atoms with van der Waals surface area (Å²) in [4.78, 5) is 0.408. The molecule has 0 radical (unpaired) electrons. The van der Waals surface area contributed by atoms with Gasteiger partial charge in [0.15, 0.2) is 5.82 Å². The van der Waals surface area contributed by atoms with Gasteiger partial charge in [-0.2, -0.15) is 5.10 Å². The van der Waals surface area contributed by atoms with Crippen LogP contribution in [-0.2, 0) is 0 Å². The Balaban J connectivity index is 2.10. The lowest BCUT2D eigenvalue weighted by atomic mass is 10.2. The molecule has 0 aliphatic heterocycles. The fourth-order valence-corrected chi connectivity index (χ4v) is 1.69. The molecular weight excluding hydrogens is 244 g/mol. The Labute approximate surface area is 112 Å². The summed E-state index contributed by atoms with van der Waals surface area (Å²) in [5.74, 6) is 0.826. The smallest absolute Gasteiger partial charge is 0.152 e. The predicted octanol–water partition coefficient (Wildman–Crippen LogP) is 2.84. The molecule has 0 saturated heterocycles. The molecule has 18 heavy (non-hydrogen) atoms. The van der Waals surface area contributed by atoms with Crippen molar-refractivity contribution in [2.45, 2.75) is 19.9 Å². The molecule has 0 saturated carbocycles. The van der Waals surface area contributed by atoms with Crippen LogP contribution in [0.3, 0.4) is 0 Å². The Morgan fingerprint density at radius 2 is 1.94 bits per heavy atom. The SMILES string of the molecule is CC(C)n1ccc(Nc2ccc(C(N)=S)cc2)n1. The number of nitrogens with zero attached hydrogens (tertiary/aromatic N) is 2. The van der Waals surface area contributed by atoms with Crippen molar-refractivity contribution in [2.75, 3.05) is 5.32 Å². The van der Waals surface area contributed by atoms with Gasteiger partial charge in [-0.1, -0.05) is 12.2 Å². The molecule has 2 rings (SSSR count). The molecule has 0 aliphatic rings. The van der Waals surface area contributed by atoms with Crippen LogP contribution < -0.4 is 11.1 Å². The van der Waals surface area contributed by atoms with Gasteiger partial charge < -0.3 is 11.1 Å². The van der Waals surface area contributed by atoms with Crippen molar-refractivity contribution in [2.24, 2.45) is 5.73 Å². The van der Waals surface area contributed by atoms with Crippen LogP contribution in [0.5, 0.6) is 0 Å². The van der Waals surface area contributed by atoms with Gasteiger partial charge in [-0.05, 0) is 38.1 Å². The molecule has 94 valence electrons. The maximum Gasteiger partial charge on any atom is 0.152 e. The van der Waals surface area contributed by atoms with Gasteiger partial charge >= 0.3 is 0 Å². The maximum atomic E-state index is 5.55. The number of thiocarbonyl (C=S) groups is 1. The van der Waals surface area contributed by atoms with Gasteiger partial charge in [0, 0.05) is 29.6 Å². The third kappa shape index (κ3) is 2.87. The normalized spacial score (nSPS) is 10.6. The lowest BCUT2D eigenvalue weighted by Crippen LogP contribution is -2.08. The molecule has 0 spiro atoms. The predicted molar refractivity (Wildman–Crippen MR) is 78.2 cm³/mol. The molecular formula is C13H16N4S. The standard InChI is InChI=1S/C13H16N4S/c1-9(2)17-8-7-12(16-17)15-11-5-3-10(4-6-11)13(14)18/h3-9H,1-2H3,(H2,14,18)(H,15,16). The molecule has 3 N–H and O–H groups in total. The minimum Gasteiger partial charge on any atom is -0.389 e. The second kappa shape index (κ2) is 5.18. The van der Waals surface area contributed by atoms with Crippen molar-refractivity contribution in [3.8, 4) is 0 Å². The van der Waals surface area contributed by atoms with Crippen LogP contribution in [0.15, 0.2) is 36.5 Å². The Hall–Kier alpha value is -1.88. The van der Waals surface area contributed by atoms with Gasteiger partial charge in [-0.3, -0.25) is 4.68 Å². The first-order chi connectivity index (χ1) is 8.56. The summed E-state index contributed by atoms with van der Waals surface area (Å²) in [6, 6.07) is 9.96. The number of hydrogen-bond donors (Lipinski definition) is 2. The first-order valence-electron chi connectivity index (χ1n) is 5.78. The zero-order valence-corrected chi connectivity index (χ0v) is 11.2. The van der Waals surface area contributed by atoms with E-state index in [2.05, 4.69) is 24.3 Å². The monoisotopic (exact) mass is 260 g/mol. The van der Waals surface area contributed by atoms with Gasteiger partial charge in [-0.25, -0.2) is 0 Å². The van der Waals surface area contributed by atoms with E-state index in [9.17, 15) is 0 Å². The third-order valence-corrected chi connectivity index (χ3v) is 2.81. The van der Waals surface area contributed by atoms with Crippen LogP contribution >= 0.6 is 12.2 Å². The number of nitrogens with one attached hydrogen (secondary N) is 1. The van der Waals surface area contributed by atoms with Crippen LogP contribution in [0.25, 0.3) is 0 Å². The van der Waals surface area contributed by atoms with Gasteiger partial charge in [-0.15, -0.1) is 0 Å². The highest BCUT2D eigenvalue weighted by molar-refractivity contribution is 7.80. The fraction of sp³-hybridized carbons (Fsp3) is 0.231. The number of anilines is 2. The van der Waals surface area contributed by atoms with E-state index in [0.717, 1.165) is 17.1 Å². The van der Waals surface area contributed by atoms with E-state index in [1.807, 2.05) is 41.2 Å². The minimum absolute atomic E-state index is 0.359. The summed E-state index contributed by atoms with van der Waals surface area (Å²) < 4.78 is 1.91. The first-order valence-corrected chi connectivity index (χ1v) is 6.19. The second-order valence-electron chi connectivity index (χ2n) is 4.34. The molecule has 2 aromatic rings. The van der Waals surface area contributed by atoms with E-state index in [-0.39, 0.29) is 0 Å². The second-order valence-corrected chi connectivity index (χ2v) is 4.78. The van der Waals surface area contributed by atoms with Crippen molar-refractivity contribution in [1.29, 1.82) is 0 Å². The van der Waals surface area contributed by atoms with E-state index in [4.69, 9.17) is 18.0 Å². The lowest BCUT2D eigenvalue weighted by Gasteiger charge is -2.06. The zero-order chi connectivity index (χ0) is 13.1. The van der Waals surface area contributed by atoms with E-state index in [0.29, 0.717) is 11.0 Å². The van der Waals surface area contributed by atoms with Gasteiger partial charge in [0.05, 0.1) is 0 Å². The topological polar surface area (TPSA) is 55.9 Å². The number of aromatic nitrogens is 2. The Bertz CT molecular complexity index is 542. The highest BCUT2D eigenvalue weighted by Crippen LogP contribution is 2.16. The molecule has 0 bridgehead atoms. The Morgan fingerprint density at radius 3 is 2.44 bits per heavy atom. The molecule has 5 heteroatoms.